The molecule has 0 saturated carbocycles. The van der Waals surface area contributed by atoms with Crippen molar-refractivity contribution < 1.29 is 18.0 Å². The van der Waals surface area contributed by atoms with Crippen molar-refractivity contribution in [2.45, 2.75) is 0 Å². The van der Waals surface area contributed by atoms with Gasteiger partial charge in [-0.15, -0.1) is 11.3 Å². The number of rotatable bonds is 2. The van der Waals surface area contributed by atoms with Gasteiger partial charge in [0.2, 0.25) is 0 Å². The average molecular weight is 415 g/mol. The van der Waals surface area contributed by atoms with Crippen molar-refractivity contribution in [2.75, 3.05) is 5.32 Å². The molecule has 0 fully saturated rings. The van der Waals surface area contributed by atoms with Gasteiger partial charge in [-0.2, -0.15) is 0 Å². The number of amides is 1. The van der Waals surface area contributed by atoms with E-state index < -0.39 is 29.0 Å². The van der Waals surface area contributed by atoms with Gasteiger partial charge in [0.05, 0.1) is 14.4 Å². The zero-order valence-corrected chi connectivity index (χ0v) is 12.9. The van der Waals surface area contributed by atoms with Crippen LogP contribution in [0.25, 0.3) is 0 Å². The topological polar surface area (TPSA) is 29.1 Å². The van der Waals surface area contributed by atoms with E-state index in [4.69, 9.17) is 0 Å². The number of carbonyl (C=O) groups excluding carboxylic acids is 1. The Morgan fingerprint density at radius 2 is 1.84 bits per heavy atom. The van der Waals surface area contributed by atoms with Crippen LogP contribution in [0.2, 0.25) is 0 Å². The Morgan fingerprint density at radius 1 is 1.16 bits per heavy atom. The van der Waals surface area contributed by atoms with Crippen molar-refractivity contribution in [2.24, 2.45) is 0 Å². The molecule has 2 nitrogen and oxygen atoms in total. The standard InChI is InChI=1S/C11H4Br2F3NOS/c12-5-3-8(19-10(5)13)11(18)17-7-2-4(14)1-6(15)9(7)16/h1-3H,(H,17,18). The van der Waals surface area contributed by atoms with E-state index in [1.807, 2.05) is 0 Å². The van der Waals surface area contributed by atoms with E-state index >= 15 is 0 Å². The van der Waals surface area contributed by atoms with Crippen LogP contribution in [0.1, 0.15) is 9.67 Å². The molecule has 0 aliphatic rings. The number of benzene rings is 1. The summed E-state index contributed by atoms with van der Waals surface area (Å²) >= 11 is 7.51. The van der Waals surface area contributed by atoms with Crippen molar-refractivity contribution >= 4 is 54.8 Å². The predicted molar refractivity (Wildman–Crippen MR) is 74.0 cm³/mol. The first-order chi connectivity index (χ1) is 8.88. The summed E-state index contributed by atoms with van der Waals surface area (Å²) in [5.74, 6) is -4.28. The summed E-state index contributed by atoms with van der Waals surface area (Å²) < 4.78 is 40.7. The molecule has 0 saturated heterocycles. The van der Waals surface area contributed by atoms with Gasteiger partial charge in [0.15, 0.2) is 11.6 Å². The molecule has 0 radical (unpaired) electrons. The van der Waals surface area contributed by atoms with Gasteiger partial charge in [0.25, 0.3) is 5.91 Å². The Kier molecular flexibility index (Phi) is 4.32. The molecule has 1 aromatic carbocycles. The normalized spacial score (nSPS) is 10.6. The first kappa shape index (κ1) is 14.5. The molecule has 2 rings (SSSR count). The van der Waals surface area contributed by atoms with E-state index in [0.29, 0.717) is 20.4 Å². The lowest BCUT2D eigenvalue weighted by atomic mass is 10.2. The molecule has 0 aliphatic heterocycles. The molecule has 100 valence electrons. The van der Waals surface area contributed by atoms with Gasteiger partial charge < -0.3 is 5.32 Å². The second-order valence-corrected chi connectivity index (χ2v) is 6.66. The lowest BCUT2D eigenvalue weighted by Gasteiger charge is -2.05. The van der Waals surface area contributed by atoms with E-state index in [1.54, 1.807) is 0 Å². The average Bonchev–Trinajstić information content (AvgIpc) is 2.66. The van der Waals surface area contributed by atoms with Crippen molar-refractivity contribution in [1.29, 1.82) is 0 Å². The summed E-state index contributed by atoms with van der Waals surface area (Å²) in [5, 5.41) is 2.12. The maximum atomic E-state index is 13.4. The minimum Gasteiger partial charge on any atom is -0.319 e. The van der Waals surface area contributed by atoms with Crippen molar-refractivity contribution in [3.05, 3.63) is 48.8 Å². The Hall–Kier alpha value is -0.860. The van der Waals surface area contributed by atoms with Crippen LogP contribution in [0.15, 0.2) is 26.5 Å². The largest absolute Gasteiger partial charge is 0.319 e. The first-order valence-corrected chi connectivity index (χ1v) is 7.19. The molecular weight excluding hydrogens is 411 g/mol. The zero-order valence-electron chi connectivity index (χ0n) is 8.94. The molecule has 0 atom stereocenters. The third-order valence-corrected chi connectivity index (χ3v) is 5.37. The molecule has 0 bridgehead atoms. The zero-order chi connectivity index (χ0) is 14.2. The summed E-state index contributed by atoms with van der Waals surface area (Å²) in [6, 6.07) is 2.63. The fourth-order valence-corrected chi connectivity index (χ4v) is 3.22. The molecule has 1 amide bonds. The SMILES string of the molecule is O=C(Nc1cc(F)cc(F)c1F)c1cc(Br)c(Br)s1. The molecule has 0 spiro atoms. The van der Waals surface area contributed by atoms with E-state index in [9.17, 15) is 18.0 Å². The molecule has 19 heavy (non-hydrogen) atoms. The van der Waals surface area contributed by atoms with E-state index in [0.717, 1.165) is 11.3 Å². The quantitative estimate of drug-likeness (QED) is 0.692. The minimum atomic E-state index is -1.36. The van der Waals surface area contributed by atoms with Crippen LogP contribution < -0.4 is 5.32 Å². The smallest absolute Gasteiger partial charge is 0.265 e. The molecule has 1 N–H and O–H groups in total. The van der Waals surface area contributed by atoms with Crippen molar-refractivity contribution in [3.8, 4) is 0 Å². The predicted octanol–water partition coefficient (Wildman–Crippen LogP) is 4.94. The van der Waals surface area contributed by atoms with E-state index in [1.165, 1.54) is 6.07 Å². The van der Waals surface area contributed by atoms with Crippen LogP contribution in [0.3, 0.4) is 0 Å². The van der Waals surface area contributed by atoms with Crippen LogP contribution in [0, 0.1) is 17.5 Å². The van der Waals surface area contributed by atoms with Gasteiger partial charge in [0.1, 0.15) is 5.82 Å². The highest BCUT2D eigenvalue weighted by molar-refractivity contribution is 9.13. The third-order valence-electron chi connectivity index (χ3n) is 2.11. The number of nitrogens with one attached hydrogen (secondary N) is 1. The van der Waals surface area contributed by atoms with Gasteiger partial charge >= 0.3 is 0 Å². The molecule has 8 heteroatoms. The lowest BCUT2D eigenvalue weighted by molar-refractivity contribution is 0.103. The monoisotopic (exact) mass is 413 g/mol. The fraction of sp³-hybridized carbons (Fsp3) is 0. The Bertz CT molecular complexity index is 640. The maximum Gasteiger partial charge on any atom is 0.265 e. The highest BCUT2D eigenvalue weighted by Crippen LogP contribution is 2.33. The fourth-order valence-electron chi connectivity index (χ4n) is 1.29. The van der Waals surface area contributed by atoms with Gasteiger partial charge in [-0.05, 0) is 37.9 Å². The van der Waals surface area contributed by atoms with Crippen molar-refractivity contribution in [3.63, 3.8) is 0 Å². The van der Waals surface area contributed by atoms with Crippen LogP contribution in [0.4, 0.5) is 18.9 Å². The highest BCUT2D eigenvalue weighted by Gasteiger charge is 2.16. The van der Waals surface area contributed by atoms with E-state index in [2.05, 4.69) is 37.2 Å². The summed E-state index contributed by atoms with van der Waals surface area (Å²) in [6.07, 6.45) is 0. The number of thiophene rings is 1. The molecule has 0 aliphatic carbocycles. The number of hydrogen-bond acceptors (Lipinski definition) is 2. The first-order valence-electron chi connectivity index (χ1n) is 4.79. The van der Waals surface area contributed by atoms with Crippen LogP contribution in [0.5, 0.6) is 0 Å². The summed E-state index contributed by atoms with van der Waals surface area (Å²) in [6.45, 7) is 0. The van der Waals surface area contributed by atoms with Gasteiger partial charge in [-0.1, -0.05) is 0 Å². The summed E-state index contributed by atoms with van der Waals surface area (Å²) in [4.78, 5) is 12.1. The van der Waals surface area contributed by atoms with Gasteiger partial charge in [-0.3, -0.25) is 4.79 Å². The molecule has 0 unspecified atom stereocenters. The Morgan fingerprint density at radius 3 is 2.42 bits per heavy atom. The van der Waals surface area contributed by atoms with Crippen molar-refractivity contribution in [1.82, 2.24) is 0 Å². The highest BCUT2D eigenvalue weighted by atomic mass is 79.9. The number of halogens is 5. The Balaban J connectivity index is 2.29. The summed E-state index contributed by atoms with van der Waals surface area (Å²) in [7, 11) is 0. The third kappa shape index (κ3) is 3.18. The molecule has 2 aromatic rings. The second-order valence-electron chi connectivity index (χ2n) is 3.44. The number of anilines is 1. The molecule has 1 aromatic heterocycles. The van der Waals surface area contributed by atoms with Crippen LogP contribution in [-0.4, -0.2) is 5.91 Å². The van der Waals surface area contributed by atoms with E-state index in [-0.39, 0.29) is 4.88 Å². The Labute approximate surface area is 126 Å². The summed E-state index contributed by atoms with van der Waals surface area (Å²) in [5.41, 5.74) is -0.539. The minimum absolute atomic E-state index is 0.266. The van der Waals surface area contributed by atoms with Gasteiger partial charge in [-0.25, -0.2) is 13.2 Å². The number of hydrogen-bond donors (Lipinski definition) is 1. The maximum absolute atomic E-state index is 13.4. The number of carbonyl (C=O) groups is 1. The second kappa shape index (κ2) is 5.64. The van der Waals surface area contributed by atoms with Crippen LogP contribution >= 0.6 is 43.2 Å². The van der Waals surface area contributed by atoms with Gasteiger partial charge in [0, 0.05) is 16.6 Å². The molecule has 1 heterocycles. The lowest BCUT2D eigenvalue weighted by Crippen LogP contribution is -2.12. The van der Waals surface area contributed by atoms with Crippen LogP contribution in [-0.2, 0) is 0 Å². The molecular formula is C11H4Br2F3NOS.